The summed E-state index contributed by atoms with van der Waals surface area (Å²) in [5, 5.41) is 21.4. The molecule has 0 saturated carbocycles. The molecule has 0 radical (unpaired) electrons. The molecule has 1 heterocycles. The van der Waals surface area contributed by atoms with Crippen molar-refractivity contribution in [1.29, 1.82) is 0 Å². The summed E-state index contributed by atoms with van der Waals surface area (Å²) < 4.78 is 13.4. The van der Waals surface area contributed by atoms with E-state index in [0.717, 1.165) is 25.9 Å². The number of hydrogen-bond donors (Lipinski definition) is 3. The molecule has 1 aromatic rings. The number of aromatic hydroxyl groups is 1. The fraction of sp³-hybridized carbons (Fsp3) is 0.417. The molecule has 1 aliphatic heterocycles. The van der Waals surface area contributed by atoms with Crippen LogP contribution in [0.4, 0.5) is 4.39 Å². The molecule has 0 aliphatic carbocycles. The molecule has 0 spiro atoms. The lowest BCUT2D eigenvalue weighted by atomic mass is 9.89. The van der Waals surface area contributed by atoms with Crippen LogP contribution < -0.4 is 5.32 Å². The van der Waals surface area contributed by atoms with Crippen molar-refractivity contribution in [3.8, 4) is 5.75 Å². The van der Waals surface area contributed by atoms with Crippen molar-refractivity contribution in [2.75, 3.05) is 13.1 Å². The number of halogens is 1. The summed E-state index contributed by atoms with van der Waals surface area (Å²) in [6.45, 7) is 1.69. The number of carboxylic acids is 1. The van der Waals surface area contributed by atoms with Gasteiger partial charge in [-0.3, -0.25) is 0 Å². The predicted octanol–water partition coefficient (Wildman–Crippen LogP) is 1.70. The van der Waals surface area contributed by atoms with Gasteiger partial charge in [-0.15, -0.1) is 0 Å². The average Bonchev–Trinajstić information content (AvgIpc) is 2.33. The second kappa shape index (κ2) is 4.71. The average molecular weight is 239 g/mol. The van der Waals surface area contributed by atoms with E-state index in [1.54, 1.807) is 0 Å². The largest absolute Gasteiger partial charge is 0.504 e. The van der Waals surface area contributed by atoms with Gasteiger partial charge in [0.05, 0.1) is 0 Å². The van der Waals surface area contributed by atoms with Gasteiger partial charge in [0, 0.05) is 0 Å². The summed E-state index contributed by atoms with van der Waals surface area (Å²) >= 11 is 0. The number of rotatable bonds is 2. The Morgan fingerprint density at radius 3 is 2.59 bits per heavy atom. The molecule has 2 rings (SSSR count). The first-order chi connectivity index (χ1) is 8.09. The molecule has 0 atom stereocenters. The maximum Gasteiger partial charge on any atom is 0.339 e. The maximum atomic E-state index is 13.4. The van der Waals surface area contributed by atoms with Gasteiger partial charge in [-0.2, -0.15) is 0 Å². The minimum Gasteiger partial charge on any atom is -0.504 e. The Kier molecular flexibility index (Phi) is 3.28. The quantitative estimate of drug-likeness (QED) is 0.734. The van der Waals surface area contributed by atoms with Crippen LogP contribution in [-0.4, -0.2) is 29.3 Å². The van der Waals surface area contributed by atoms with Crippen LogP contribution in [0.1, 0.15) is 34.7 Å². The minimum atomic E-state index is -1.31. The molecule has 4 nitrogen and oxygen atoms in total. The Morgan fingerprint density at radius 2 is 2.00 bits per heavy atom. The lowest BCUT2D eigenvalue weighted by molar-refractivity contribution is 0.0692. The van der Waals surface area contributed by atoms with E-state index in [4.69, 9.17) is 5.11 Å². The summed E-state index contributed by atoms with van der Waals surface area (Å²) in [5.41, 5.74) is 0.290. The van der Waals surface area contributed by atoms with Gasteiger partial charge in [-0.05, 0) is 49.5 Å². The Labute approximate surface area is 98.1 Å². The van der Waals surface area contributed by atoms with Crippen LogP contribution >= 0.6 is 0 Å². The molecular formula is C12H14FNO3. The van der Waals surface area contributed by atoms with Gasteiger partial charge < -0.3 is 15.5 Å². The van der Waals surface area contributed by atoms with Crippen LogP contribution in [0.15, 0.2) is 12.1 Å². The van der Waals surface area contributed by atoms with Crippen LogP contribution in [0.2, 0.25) is 0 Å². The van der Waals surface area contributed by atoms with E-state index in [-0.39, 0.29) is 11.5 Å². The van der Waals surface area contributed by atoms with Gasteiger partial charge in [0.15, 0.2) is 11.6 Å². The predicted molar refractivity (Wildman–Crippen MR) is 59.9 cm³/mol. The third kappa shape index (κ3) is 2.39. The highest BCUT2D eigenvalue weighted by Gasteiger charge is 2.21. The summed E-state index contributed by atoms with van der Waals surface area (Å²) in [4.78, 5) is 10.9. The second-order valence-corrected chi connectivity index (χ2v) is 4.23. The number of phenols is 1. The number of piperidine rings is 1. The van der Waals surface area contributed by atoms with Crippen molar-refractivity contribution in [2.45, 2.75) is 18.8 Å². The molecule has 0 bridgehead atoms. The third-order valence-electron chi connectivity index (χ3n) is 3.13. The zero-order valence-electron chi connectivity index (χ0n) is 9.24. The van der Waals surface area contributed by atoms with Gasteiger partial charge >= 0.3 is 5.97 Å². The first-order valence-corrected chi connectivity index (χ1v) is 5.56. The van der Waals surface area contributed by atoms with E-state index >= 15 is 0 Å². The standard InChI is InChI=1S/C12H14FNO3/c13-10-6-8(7-1-3-14-4-2-7)5-9(11(10)15)12(16)17/h5-7,14-15H,1-4H2,(H,16,17). The van der Waals surface area contributed by atoms with Gasteiger partial charge in [0.25, 0.3) is 0 Å². The molecule has 0 amide bonds. The number of nitrogens with one attached hydrogen (secondary N) is 1. The molecule has 5 heteroatoms. The lowest BCUT2D eigenvalue weighted by Gasteiger charge is -2.23. The number of hydrogen-bond acceptors (Lipinski definition) is 3. The molecule has 92 valence electrons. The van der Waals surface area contributed by atoms with E-state index in [1.807, 2.05) is 0 Å². The highest BCUT2D eigenvalue weighted by Crippen LogP contribution is 2.31. The topological polar surface area (TPSA) is 69.6 Å². The summed E-state index contributed by atoms with van der Waals surface area (Å²) in [7, 11) is 0. The number of aromatic carboxylic acids is 1. The van der Waals surface area contributed by atoms with Crippen LogP contribution in [0.3, 0.4) is 0 Å². The molecule has 1 aliphatic rings. The van der Waals surface area contributed by atoms with Gasteiger partial charge in [0.1, 0.15) is 5.56 Å². The Morgan fingerprint density at radius 1 is 1.35 bits per heavy atom. The molecule has 1 fully saturated rings. The normalized spacial score (nSPS) is 17.0. The summed E-state index contributed by atoms with van der Waals surface area (Å²) in [6.07, 6.45) is 1.70. The molecule has 0 aromatic heterocycles. The molecule has 1 saturated heterocycles. The van der Waals surface area contributed by atoms with Crippen molar-refractivity contribution in [3.05, 3.63) is 29.1 Å². The first kappa shape index (κ1) is 11.9. The van der Waals surface area contributed by atoms with Crippen LogP contribution in [0, 0.1) is 5.82 Å². The van der Waals surface area contributed by atoms with E-state index < -0.39 is 17.5 Å². The lowest BCUT2D eigenvalue weighted by Crippen LogP contribution is -2.26. The van der Waals surface area contributed by atoms with Crippen LogP contribution in [0.25, 0.3) is 0 Å². The van der Waals surface area contributed by atoms with Crippen molar-refractivity contribution < 1.29 is 19.4 Å². The van der Waals surface area contributed by atoms with Crippen molar-refractivity contribution >= 4 is 5.97 Å². The summed E-state index contributed by atoms with van der Waals surface area (Å²) in [5.74, 6) is -2.80. The van der Waals surface area contributed by atoms with Crippen molar-refractivity contribution in [2.24, 2.45) is 0 Å². The van der Waals surface area contributed by atoms with Crippen molar-refractivity contribution in [1.82, 2.24) is 5.32 Å². The first-order valence-electron chi connectivity index (χ1n) is 5.56. The molecule has 0 unspecified atom stereocenters. The number of carboxylic acid groups (broad SMARTS) is 1. The SMILES string of the molecule is O=C(O)c1cc(C2CCNCC2)cc(F)c1O. The second-order valence-electron chi connectivity index (χ2n) is 4.23. The third-order valence-corrected chi connectivity index (χ3v) is 3.13. The fourth-order valence-corrected chi connectivity index (χ4v) is 2.17. The van der Waals surface area contributed by atoms with Gasteiger partial charge in [0.2, 0.25) is 0 Å². The minimum absolute atomic E-state index is 0.157. The number of benzene rings is 1. The summed E-state index contributed by atoms with van der Waals surface area (Å²) in [6, 6.07) is 2.61. The smallest absolute Gasteiger partial charge is 0.339 e. The molecule has 1 aromatic carbocycles. The fourth-order valence-electron chi connectivity index (χ4n) is 2.17. The Balaban J connectivity index is 2.37. The molecule has 3 N–H and O–H groups in total. The van der Waals surface area contributed by atoms with Gasteiger partial charge in [-0.25, -0.2) is 9.18 Å². The highest BCUT2D eigenvalue weighted by molar-refractivity contribution is 5.91. The van der Waals surface area contributed by atoms with E-state index in [1.165, 1.54) is 12.1 Å². The molecule has 17 heavy (non-hydrogen) atoms. The maximum absolute atomic E-state index is 13.4. The Bertz CT molecular complexity index is 442. The van der Waals surface area contributed by atoms with E-state index in [2.05, 4.69) is 5.32 Å². The van der Waals surface area contributed by atoms with Crippen LogP contribution in [0.5, 0.6) is 5.75 Å². The monoisotopic (exact) mass is 239 g/mol. The van der Waals surface area contributed by atoms with Gasteiger partial charge in [-0.1, -0.05) is 0 Å². The zero-order valence-corrected chi connectivity index (χ0v) is 9.24. The van der Waals surface area contributed by atoms with Crippen LogP contribution in [-0.2, 0) is 0 Å². The highest BCUT2D eigenvalue weighted by atomic mass is 19.1. The number of carbonyl (C=O) groups is 1. The van der Waals surface area contributed by atoms with E-state index in [0.29, 0.717) is 5.56 Å². The zero-order chi connectivity index (χ0) is 12.4. The van der Waals surface area contributed by atoms with E-state index in [9.17, 15) is 14.3 Å². The van der Waals surface area contributed by atoms with Crippen molar-refractivity contribution in [3.63, 3.8) is 0 Å². The Hall–Kier alpha value is -1.62. The molecular weight excluding hydrogens is 225 g/mol.